The van der Waals surface area contributed by atoms with Gasteiger partial charge in [0.2, 0.25) is 0 Å². The molecule has 0 aliphatic heterocycles. The zero-order chi connectivity index (χ0) is 8.08. The predicted molar refractivity (Wildman–Crippen MR) is 29.9 cm³/mol. The fourth-order valence-corrected chi connectivity index (χ4v) is 0. The molecule has 0 aromatic rings. The SMILES string of the molecule is O=S(=O)(O)O.OB(O)O.[H-].[H-].[H-].[Na+].[Na+].[Na+]. The van der Waals surface area contributed by atoms with Crippen molar-refractivity contribution >= 4 is 17.7 Å². The van der Waals surface area contributed by atoms with Crippen LogP contribution in [0.25, 0.3) is 0 Å². The smallest absolute Gasteiger partial charge is 1.00 e. The van der Waals surface area contributed by atoms with Gasteiger partial charge >= 0.3 is 106 Å². The van der Waals surface area contributed by atoms with E-state index >= 15 is 0 Å². The van der Waals surface area contributed by atoms with Crippen LogP contribution in [0, 0.1) is 0 Å². The van der Waals surface area contributed by atoms with Gasteiger partial charge in [-0.05, 0) is 0 Å². The van der Waals surface area contributed by atoms with E-state index in [1.165, 1.54) is 0 Å². The summed E-state index contributed by atoms with van der Waals surface area (Å²) in [7, 11) is -6.83. The average Bonchev–Trinajstić information content (AvgIpc) is 1.19. The van der Waals surface area contributed by atoms with Crippen molar-refractivity contribution in [1.29, 1.82) is 0 Å². The summed E-state index contributed by atoms with van der Waals surface area (Å²) in [5.74, 6) is 0. The van der Waals surface area contributed by atoms with Crippen LogP contribution in [0.3, 0.4) is 0 Å². The molecule has 0 saturated heterocycles. The third-order valence-electron chi connectivity index (χ3n) is 0. The molecule has 0 amide bonds. The molecule has 0 fully saturated rings. The summed E-state index contributed by atoms with van der Waals surface area (Å²) in [6, 6.07) is 0. The number of hydrogen-bond acceptors (Lipinski definition) is 5. The summed E-state index contributed by atoms with van der Waals surface area (Å²) in [5.41, 5.74) is 0. The molecule has 0 bridgehead atoms. The van der Waals surface area contributed by atoms with Crippen molar-refractivity contribution in [2.75, 3.05) is 0 Å². The van der Waals surface area contributed by atoms with Gasteiger partial charge in [0.25, 0.3) is 0 Å². The van der Waals surface area contributed by atoms with Crippen molar-refractivity contribution in [2.24, 2.45) is 0 Å². The minimum Gasteiger partial charge on any atom is -1.00 e. The van der Waals surface area contributed by atoms with Gasteiger partial charge in [-0.25, -0.2) is 0 Å². The molecule has 0 spiro atoms. The van der Waals surface area contributed by atoms with Crippen molar-refractivity contribution in [3.8, 4) is 0 Å². The third kappa shape index (κ3) is 226. The van der Waals surface area contributed by atoms with Crippen molar-refractivity contribution in [2.45, 2.75) is 0 Å². The number of hydrogen-bond donors (Lipinski definition) is 5. The maximum absolute atomic E-state index is 8.74. The van der Waals surface area contributed by atoms with Gasteiger partial charge in [0.15, 0.2) is 0 Å². The van der Waals surface area contributed by atoms with E-state index in [1.807, 2.05) is 0 Å². The van der Waals surface area contributed by atoms with Crippen LogP contribution in [0.1, 0.15) is 4.28 Å². The van der Waals surface area contributed by atoms with E-state index in [-0.39, 0.29) is 93.0 Å². The summed E-state index contributed by atoms with van der Waals surface area (Å²) < 4.78 is 31.6. The summed E-state index contributed by atoms with van der Waals surface area (Å²) in [6.07, 6.45) is 0. The molecule has 0 heterocycles. The Labute approximate surface area is 141 Å². The van der Waals surface area contributed by atoms with Crippen molar-refractivity contribution in [3.63, 3.8) is 0 Å². The monoisotopic (exact) mass is 232 g/mol. The van der Waals surface area contributed by atoms with Gasteiger partial charge in [0.05, 0.1) is 0 Å². The summed E-state index contributed by atoms with van der Waals surface area (Å²) in [4.78, 5) is 0. The Bertz CT molecular complexity index is 141. The first-order valence-corrected chi connectivity index (χ1v) is 2.87. The van der Waals surface area contributed by atoms with Crippen LogP contribution in [0.5, 0.6) is 0 Å². The summed E-state index contributed by atoms with van der Waals surface area (Å²) in [6.45, 7) is 0. The van der Waals surface area contributed by atoms with Crippen LogP contribution in [0.15, 0.2) is 0 Å². The molecule has 12 heteroatoms. The van der Waals surface area contributed by atoms with E-state index in [0.717, 1.165) is 0 Å². The fourth-order valence-electron chi connectivity index (χ4n) is 0. The average molecular weight is 232 g/mol. The first kappa shape index (κ1) is 29.4. The van der Waals surface area contributed by atoms with E-state index in [1.54, 1.807) is 0 Å². The maximum Gasteiger partial charge on any atom is 1.00 e. The van der Waals surface area contributed by atoms with Gasteiger partial charge in [-0.2, -0.15) is 8.42 Å². The Morgan fingerprint density at radius 3 is 0.917 bits per heavy atom. The second-order valence-electron chi connectivity index (χ2n) is 0.794. The van der Waals surface area contributed by atoms with Crippen molar-refractivity contribution in [1.82, 2.24) is 0 Å². The minimum absolute atomic E-state index is 0. The van der Waals surface area contributed by atoms with E-state index < -0.39 is 17.7 Å². The molecule has 0 aromatic heterocycles. The van der Waals surface area contributed by atoms with E-state index in [9.17, 15) is 0 Å². The summed E-state index contributed by atoms with van der Waals surface area (Å²) in [5, 5.41) is 21.5. The Kier molecular flexibility index (Phi) is 39.8. The fraction of sp³-hybridized carbons (Fsp3) is 0. The summed E-state index contributed by atoms with van der Waals surface area (Å²) >= 11 is 0. The van der Waals surface area contributed by atoms with Crippen LogP contribution in [-0.4, -0.2) is 39.9 Å². The Morgan fingerprint density at radius 1 is 0.917 bits per heavy atom. The predicted octanol–water partition coefficient (Wildman–Crippen LogP) is -11.4. The molecule has 0 radical (unpaired) electrons. The van der Waals surface area contributed by atoms with E-state index in [0.29, 0.717) is 0 Å². The first-order chi connectivity index (χ1) is 3.73. The largest absolute Gasteiger partial charge is 1.00 e. The molecular formula is H8BNa3O7S. The Balaban J connectivity index is -0.00000000785. The Hall–Kier alpha value is 2.81. The van der Waals surface area contributed by atoms with E-state index in [2.05, 4.69) is 0 Å². The van der Waals surface area contributed by atoms with E-state index in [4.69, 9.17) is 32.6 Å². The molecule has 5 N–H and O–H groups in total. The zero-order valence-electron chi connectivity index (χ0n) is 10.0. The second-order valence-corrected chi connectivity index (χ2v) is 1.69. The molecule has 0 aliphatic rings. The van der Waals surface area contributed by atoms with Crippen LogP contribution in [-0.2, 0) is 10.4 Å². The molecule has 12 heavy (non-hydrogen) atoms. The molecule has 0 unspecified atom stereocenters. The zero-order valence-corrected chi connectivity index (χ0v) is 13.9. The first-order valence-electron chi connectivity index (χ1n) is 1.47. The van der Waals surface area contributed by atoms with Crippen LogP contribution < -0.4 is 88.7 Å². The van der Waals surface area contributed by atoms with Crippen LogP contribution in [0.2, 0.25) is 0 Å². The van der Waals surface area contributed by atoms with Gasteiger partial charge < -0.3 is 19.4 Å². The van der Waals surface area contributed by atoms with Crippen LogP contribution >= 0.6 is 0 Å². The quantitative estimate of drug-likeness (QED) is 0.206. The Morgan fingerprint density at radius 2 is 0.917 bits per heavy atom. The van der Waals surface area contributed by atoms with Gasteiger partial charge in [-0.3, -0.25) is 9.11 Å². The molecule has 0 rings (SSSR count). The minimum atomic E-state index is -4.67. The topological polar surface area (TPSA) is 135 Å². The molecule has 0 aromatic carbocycles. The molecule has 62 valence electrons. The van der Waals surface area contributed by atoms with Gasteiger partial charge in [-0.1, -0.05) is 0 Å². The standard InChI is InChI=1S/BH3O3.3Na.H2O4S.3H/c2-1(3)4;;;;1-5(2,3)4;;;/h2-4H;;;;(H2,1,2,3,4);;;/q;3*+1;;3*-1. The normalized spacial score (nSPS) is 7.08. The van der Waals surface area contributed by atoms with Crippen molar-refractivity contribution in [3.05, 3.63) is 0 Å². The van der Waals surface area contributed by atoms with Gasteiger partial charge in [0.1, 0.15) is 0 Å². The second kappa shape index (κ2) is 16.3. The van der Waals surface area contributed by atoms with Gasteiger partial charge in [0, 0.05) is 0 Å². The molecule has 0 atom stereocenters. The molecule has 7 nitrogen and oxygen atoms in total. The number of rotatable bonds is 0. The molecular weight excluding hydrogens is 224 g/mol. The van der Waals surface area contributed by atoms with Gasteiger partial charge in [-0.15, -0.1) is 0 Å². The van der Waals surface area contributed by atoms with Crippen LogP contribution in [0.4, 0.5) is 0 Å². The van der Waals surface area contributed by atoms with Crippen molar-refractivity contribution < 1.29 is 126 Å². The molecule has 0 aliphatic carbocycles. The maximum atomic E-state index is 8.74. The molecule has 0 saturated carbocycles. The third-order valence-corrected chi connectivity index (χ3v) is 0.